The average molecular weight is 235 g/mol. The van der Waals surface area contributed by atoms with E-state index < -0.39 is 0 Å². The standard InChI is InChI=1S/C14H25N3/c1-5-8-9-13(15-10-6-2)14-11-12(4)16-17(14)7-3/h5,11,13,15H,1,6-10H2,2-4H3. The Bertz CT molecular complexity index is 341. The maximum absolute atomic E-state index is 4.52. The Labute approximate surface area is 105 Å². The molecule has 1 aromatic rings. The molecular formula is C14H25N3. The SMILES string of the molecule is C=CCCC(NCCC)c1cc(C)nn1CC. The molecule has 0 aromatic carbocycles. The van der Waals surface area contributed by atoms with Crippen molar-refractivity contribution < 1.29 is 0 Å². The van der Waals surface area contributed by atoms with E-state index in [0.717, 1.165) is 38.0 Å². The van der Waals surface area contributed by atoms with Gasteiger partial charge >= 0.3 is 0 Å². The van der Waals surface area contributed by atoms with Crippen molar-refractivity contribution in [2.24, 2.45) is 0 Å². The first-order valence-electron chi connectivity index (χ1n) is 6.61. The summed E-state index contributed by atoms with van der Waals surface area (Å²) in [6.45, 7) is 12.2. The van der Waals surface area contributed by atoms with Crippen LogP contribution >= 0.6 is 0 Å². The van der Waals surface area contributed by atoms with E-state index in [-0.39, 0.29) is 0 Å². The number of aryl methyl sites for hydroxylation is 2. The van der Waals surface area contributed by atoms with Gasteiger partial charge < -0.3 is 5.32 Å². The summed E-state index contributed by atoms with van der Waals surface area (Å²) in [5.41, 5.74) is 2.41. The van der Waals surface area contributed by atoms with Crippen LogP contribution in [-0.4, -0.2) is 16.3 Å². The highest BCUT2D eigenvalue weighted by atomic mass is 15.3. The van der Waals surface area contributed by atoms with Crippen LogP contribution in [-0.2, 0) is 6.54 Å². The molecule has 17 heavy (non-hydrogen) atoms. The van der Waals surface area contributed by atoms with E-state index in [1.165, 1.54) is 5.69 Å². The zero-order chi connectivity index (χ0) is 12.7. The molecule has 0 aliphatic rings. The van der Waals surface area contributed by atoms with Crippen molar-refractivity contribution in [2.45, 2.75) is 52.6 Å². The van der Waals surface area contributed by atoms with Crippen LogP contribution in [0, 0.1) is 6.92 Å². The molecule has 1 aromatic heterocycles. The van der Waals surface area contributed by atoms with Gasteiger partial charge in [-0.05, 0) is 45.7 Å². The van der Waals surface area contributed by atoms with Gasteiger partial charge in [0.2, 0.25) is 0 Å². The predicted octanol–water partition coefficient (Wildman–Crippen LogP) is 3.22. The number of nitrogens with one attached hydrogen (secondary N) is 1. The van der Waals surface area contributed by atoms with E-state index in [1.54, 1.807) is 0 Å². The number of nitrogens with zero attached hydrogens (tertiary/aromatic N) is 2. The monoisotopic (exact) mass is 235 g/mol. The third kappa shape index (κ3) is 4.00. The lowest BCUT2D eigenvalue weighted by molar-refractivity contribution is 0.459. The van der Waals surface area contributed by atoms with Gasteiger partial charge in [-0.25, -0.2) is 0 Å². The largest absolute Gasteiger partial charge is 0.309 e. The molecule has 1 atom stereocenters. The Morgan fingerprint density at radius 3 is 2.88 bits per heavy atom. The molecule has 0 radical (unpaired) electrons. The molecule has 1 rings (SSSR count). The lowest BCUT2D eigenvalue weighted by Gasteiger charge is -2.18. The molecule has 0 bridgehead atoms. The highest BCUT2D eigenvalue weighted by molar-refractivity contribution is 5.13. The first-order chi connectivity index (χ1) is 8.22. The first kappa shape index (κ1) is 14.0. The molecule has 0 spiro atoms. The molecule has 0 aliphatic carbocycles. The smallest absolute Gasteiger partial charge is 0.0597 e. The first-order valence-corrected chi connectivity index (χ1v) is 6.61. The molecule has 1 unspecified atom stereocenters. The van der Waals surface area contributed by atoms with Gasteiger partial charge in [0.05, 0.1) is 11.4 Å². The van der Waals surface area contributed by atoms with Crippen LogP contribution in [0.3, 0.4) is 0 Å². The molecule has 3 heteroatoms. The summed E-state index contributed by atoms with van der Waals surface area (Å²) in [4.78, 5) is 0. The van der Waals surface area contributed by atoms with Crippen LogP contribution in [0.4, 0.5) is 0 Å². The summed E-state index contributed by atoms with van der Waals surface area (Å²) in [5.74, 6) is 0. The van der Waals surface area contributed by atoms with Crippen LogP contribution in [0.15, 0.2) is 18.7 Å². The number of hydrogen-bond donors (Lipinski definition) is 1. The third-order valence-corrected chi connectivity index (χ3v) is 2.89. The summed E-state index contributed by atoms with van der Waals surface area (Å²) in [7, 11) is 0. The highest BCUT2D eigenvalue weighted by Crippen LogP contribution is 2.20. The minimum absolute atomic E-state index is 0.397. The molecule has 1 heterocycles. The zero-order valence-corrected chi connectivity index (χ0v) is 11.4. The van der Waals surface area contributed by atoms with Crippen LogP contribution in [0.25, 0.3) is 0 Å². The fourth-order valence-corrected chi connectivity index (χ4v) is 2.06. The van der Waals surface area contributed by atoms with E-state index >= 15 is 0 Å². The normalized spacial score (nSPS) is 12.6. The Morgan fingerprint density at radius 1 is 1.53 bits per heavy atom. The molecular weight excluding hydrogens is 210 g/mol. The minimum Gasteiger partial charge on any atom is -0.309 e. The van der Waals surface area contributed by atoms with Crippen molar-refractivity contribution in [3.8, 4) is 0 Å². The molecule has 0 fully saturated rings. The fourth-order valence-electron chi connectivity index (χ4n) is 2.06. The van der Waals surface area contributed by atoms with Crippen molar-refractivity contribution in [3.63, 3.8) is 0 Å². The second-order valence-corrected chi connectivity index (χ2v) is 4.40. The maximum Gasteiger partial charge on any atom is 0.0597 e. The molecule has 1 N–H and O–H groups in total. The lowest BCUT2D eigenvalue weighted by atomic mass is 10.1. The van der Waals surface area contributed by atoms with E-state index in [4.69, 9.17) is 0 Å². The Kier molecular flexibility index (Phi) is 5.98. The van der Waals surface area contributed by atoms with Crippen LogP contribution < -0.4 is 5.32 Å². The lowest BCUT2D eigenvalue weighted by Crippen LogP contribution is -2.24. The Hall–Kier alpha value is -1.09. The number of allylic oxidation sites excluding steroid dienone is 1. The second kappa shape index (κ2) is 7.28. The molecule has 0 amide bonds. The van der Waals surface area contributed by atoms with Gasteiger partial charge in [-0.2, -0.15) is 5.10 Å². The van der Waals surface area contributed by atoms with Gasteiger partial charge in [0, 0.05) is 12.6 Å². The number of aromatic nitrogens is 2. The minimum atomic E-state index is 0.397. The van der Waals surface area contributed by atoms with Gasteiger partial charge in [-0.1, -0.05) is 13.0 Å². The van der Waals surface area contributed by atoms with Gasteiger partial charge in [0.1, 0.15) is 0 Å². The summed E-state index contributed by atoms with van der Waals surface area (Å²) in [6, 6.07) is 2.59. The van der Waals surface area contributed by atoms with E-state index in [9.17, 15) is 0 Å². The summed E-state index contributed by atoms with van der Waals surface area (Å²) >= 11 is 0. The Morgan fingerprint density at radius 2 is 2.29 bits per heavy atom. The molecule has 0 saturated carbocycles. The average Bonchev–Trinajstić information content (AvgIpc) is 2.70. The Balaban J connectivity index is 2.81. The number of hydrogen-bond acceptors (Lipinski definition) is 2. The third-order valence-electron chi connectivity index (χ3n) is 2.89. The summed E-state index contributed by atoms with van der Waals surface area (Å²) in [6.07, 6.45) is 5.27. The van der Waals surface area contributed by atoms with E-state index in [0.29, 0.717) is 6.04 Å². The van der Waals surface area contributed by atoms with Crippen LogP contribution in [0.2, 0.25) is 0 Å². The van der Waals surface area contributed by atoms with Gasteiger partial charge in [0.15, 0.2) is 0 Å². The molecule has 0 saturated heterocycles. The maximum atomic E-state index is 4.52. The van der Waals surface area contributed by atoms with Crippen molar-refractivity contribution in [2.75, 3.05) is 6.54 Å². The summed E-state index contributed by atoms with van der Waals surface area (Å²) < 4.78 is 2.10. The summed E-state index contributed by atoms with van der Waals surface area (Å²) in [5, 5.41) is 8.12. The number of rotatable bonds is 8. The topological polar surface area (TPSA) is 29.9 Å². The van der Waals surface area contributed by atoms with Crippen molar-refractivity contribution in [1.29, 1.82) is 0 Å². The van der Waals surface area contributed by atoms with Crippen molar-refractivity contribution >= 4 is 0 Å². The highest BCUT2D eigenvalue weighted by Gasteiger charge is 2.15. The predicted molar refractivity (Wildman–Crippen MR) is 73.1 cm³/mol. The molecule has 96 valence electrons. The second-order valence-electron chi connectivity index (χ2n) is 4.40. The van der Waals surface area contributed by atoms with Gasteiger partial charge in [-0.15, -0.1) is 6.58 Å². The van der Waals surface area contributed by atoms with E-state index in [2.05, 4.69) is 48.5 Å². The van der Waals surface area contributed by atoms with Gasteiger partial charge in [-0.3, -0.25) is 4.68 Å². The zero-order valence-electron chi connectivity index (χ0n) is 11.4. The quantitative estimate of drug-likeness (QED) is 0.701. The molecule has 0 aliphatic heterocycles. The van der Waals surface area contributed by atoms with Crippen LogP contribution in [0.5, 0.6) is 0 Å². The van der Waals surface area contributed by atoms with Crippen molar-refractivity contribution in [3.05, 3.63) is 30.1 Å². The van der Waals surface area contributed by atoms with Gasteiger partial charge in [0.25, 0.3) is 0 Å². The van der Waals surface area contributed by atoms with E-state index in [1.807, 2.05) is 6.08 Å². The van der Waals surface area contributed by atoms with Crippen molar-refractivity contribution in [1.82, 2.24) is 15.1 Å². The van der Waals surface area contributed by atoms with Crippen LogP contribution in [0.1, 0.15) is 50.5 Å². The molecule has 3 nitrogen and oxygen atoms in total. The fraction of sp³-hybridized carbons (Fsp3) is 0.643.